The van der Waals surface area contributed by atoms with E-state index >= 15 is 0 Å². The fourth-order valence-corrected chi connectivity index (χ4v) is 4.83. The van der Waals surface area contributed by atoms with Crippen molar-refractivity contribution in [3.63, 3.8) is 0 Å². The van der Waals surface area contributed by atoms with Crippen LogP contribution >= 0.6 is 0 Å². The summed E-state index contributed by atoms with van der Waals surface area (Å²) in [5.41, 5.74) is 0. The third kappa shape index (κ3) is 3.06. The minimum absolute atomic E-state index is 1.75. The van der Waals surface area contributed by atoms with Gasteiger partial charge in [-0.1, -0.05) is 0 Å². The molecule has 21 heavy (non-hydrogen) atoms. The summed E-state index contributed by atoms with van der Waals surface area (Å²) in [6.45, 7) is 0. The normalized spacial score (nSPS) is 39.1. The second-order valence-corrected chi connectivity index (χ2v) is 9.92. The molecule has 0 amide bonds. The highest BCUT2D eigenvalue weighted by molar-refractivity contribution is 7.89. The standard InChI is InChI=1S/C6H12O12S3/c7-4(19(10,11)12)1-5(8,20(13,14)15)3-6(9,2-4)21(16,17)18/h7-9H,1-3H2,(H,10,11,12)(H,13,14,15)(H,16,17,18). The molecule has 1 aliphatic rings. The monoisotopic (exact) mass is 372 g/mol. The maximum Gasteiger partial charge on any atom is 0.295 e. The van der Waals surface area contributed by atoms with Gasteiger partial charge in [-0.2, -0.15) is 25.3 Å². The van der Waals surface area contributed by atoms with E-state index in [0.29, 0.717) is 0 Å². The third-order valence-electron chi connectivity index (χ3n) is 3.10. The lowest BCUT2D eigenvalue weighted by Crippen LogP contribution is -2.63. The first-order valence-electron chi connectivity index (χ1n) is 4.95. The summed E-state index contributed by atoms with van der Waals surface area (Å²) in [5, 5.41) is 29.1. The average Bonchev–Trinajstić information content (AvgIpc) is 2.09. The fraction of sp³-hybridized carbons (Fsp3) is 1.00. The van der Waals surface area contributed by atoms with Gasteiger partial charge in [-0.3, -0.25) is 13.7 Å². The summed E-state index contributed by atoms with van der Waals surface area (Å²) in [7, 11) is -16.8. The van der Waals surface area contributed by atoms with Crippen molar-refractivity contribution < 1.29 is 54.2 Å². The van der Waals surface area contributed by atoms with Crippen molar-refractivity contribution in [3.05, 3.63) is 0 Å². The average molecular weight is 372 g/mol. The molecule has 0 heterocycles. The summed E-state index contributed by atoms with van der Waals surface area (Å²) in [6, 6.07) is 0. The van der Waals surface area contributed by atoms with E-state index in [2.05, 4.69) is 0 Å². The van der Waals surface area contributed by atoms with Crippen LogP contribution in [0.5, 0.6) is 0 Å². The molecule has 0 unspecified atom stereocenters. The highest BCUT2D eigenvalue weighted by Crippen LogP contribution is 2.47. The molecule has 0 aromatic heterocycles. The molecule has 0 aromatic carbocycles. The molecule has 0 bridgehead atoms. The lowest BCUT2D eigenvalue weighted by atomic mass is 9.90. The summed E-state index contributed by atoms with van der Waals surface area (Å²) in [6.07, 6.45) is -5.26. The van der Waals surface area contributed by atoms with Gasteiger partial charge in [0.25, 0.3) is 30.4 Å². The van der Waals surface area contributed by atoms with Crippen LogP contribution in [0.1, 0.15) is 19.3 Å². The largest absolute Gasteiger partial charge is 0.372 e. The Labute approximate surface area is 119 Å². The Morgan fingerprint density at radius 3 is 0.762 bits per heavy atom. The highest BCUT2D eigenvalue weighted by Gasteiger charge is 2.67. The molecular formula is C6H12O12S3. The lowest BCUT2D eigenvalue weighted by Gasteiger charge is -2.44. The molecule has 12 nitrogen and oxygen atoms in total. The van der Waals surface area contributed by atoms with E-state index in [0.717, 1.165) is 0 Å². The Morgan fingerprint density at radius 1 is 0.524 bits per heavy atom. The fourth-order valence-electron chi connectivity index (χ4n) is 2.03. The van der Waals surface area contributed by atoms with Gasteiger partial charge in [0, 0.05) is 19.3 Å². The molecule has 0 aliphatic heterocycles. The Balaban J connectivity index is 3.67. The molecule has 126 valence electrons. The molecular weight excluding hydrogens is 360 g/mol. The van der Waals surface area contributed by atoms with Gasteiger partial charge < -0.3 is 15.3 Å². The van der Waals surface area contributed by atoms with Gasteiger partial charge in [0.05, 0.1) is 0 Å². The quantitative estimate of drug-likeness (QED) is 0.271. The molecule has 1 saturated carbocycles. The predicted molar refractivity (Wildman–Crippen MR) is 63.3 cm³/mol. The highest BCUT2D eigenvalue weighted by atomic mass is 32.2. The van der Waals surface area contributed by atoms with E-state index < -0.39 is 64.4 Å². The van der Waals surface area contributed by atoms with Crippen LogP contribution in [-0.2, 0) is 30.4 Å². The second kappa shape index (κ2) is 4.56. The summed E-state index contributed by atoms with van der Waals surface area (Å²) < 4.78 is 92.9. The molecule has 1 fully saturated rings. The molecule has 0 radical (unpaired) electrons. The Kier molecular flexibility index (Phi) is 4.05. The molecule has 0 atom stereocenters. The van der Waals surface area contributed by atoms with Gasteiger partial charge in [0.1, 0.15) is 0 Å². The summed E-state index contributed by atoms with van der Waals surface area (Å²) in [4.78, 5) is -11.0. The van der Waals surface area contributed by atoms with Gasteiger partial charge in [-0.05, 0) is 0 Å². The Morgan fingerprint density at radius 2 is 0.667 bits per heavy atom. The minimum Gasteiger partial charge on any atom is -0.372 e. The predicted octanol–water partition coefficient (Wildman–Crippen LogP) is -3.10. The zero-order valence-electron chi connectivity index (χ0n) is 9.98. The first kappa shape index (κ1) is 18.7. The van der Waals surface area contributed by atoms with Crippen molar-refractivity contribution in [1.29, 1.82) is 0 Å². The summed E-state index contributed by atoms with van der Waals surface area (Å²) >= 11 is 0. The van der Waals surface area contributed by atoms with E-state index in [1.807, 2.05) is 0 Å². The van der Waals surface area contributed by atoms with Crippen LogP contribution in [-0.4, -0.2) is 69.0 Å². The van der Waals surface area contributed by atoms with Crippen molar-refractivity contribution in [2.45, 2.75) is 34.1 Å². The van der Waals surface area contributed by atoms with E-state index in [1.54, 1.807) is 0 Å². The topological polar surface area (TPSA) is 224 Å². The van der Waals surface area contributed by atoms with Crippen LogP contribution in [0.25, 0.3) is 0 Å². The molecule has 6 N–H and O–H groups in total. The van der Waals surface area contributed by atoms with Crippen molar-refractivity contribution in [3.8, 4) is 0 Å². The second-order valence-electron chi connectivity index (χ2n) is 4.79. The zero-order chi connectivity index (χ0) is 17.1. The van der Waals surface area contributed by atoms with Crippen LogP contribution in [0.3, 0.4) is 0 Å². The van der Waals surface area contributed by atoms with Gasteiger partial charge >= 0.3 is 0 Å². The molecule has 0 saturated heterocycles. The van der Waals surface area contributed by atoms with E-state index in [1.165, 1.54) is 0 Å². The smallest absolute Gasteiger partial charge is 0.295 e. The summed E-state index contributed by atoms with van der Waals surface area (Å²) in [5.74, 6) is 0. The van der Waals surface area contributed by atoms with Crippen LogP contribution in [0.4, 0.5) is 0 Å². The maximum atomic E-state index is 11.1. The number of hydrogen-bond acceptors (Lipinski definition) is 9. The first-order chi connectivity index (χ1) is 8.87. The van der Waals surface area contributed by atoms with Crippen LogP contribution in [0.15, 0.2) is 0 Å². The Bertz CT molecular complexity index is 632. The van der Waals surface area contributed by atoms with E-state index in [9.17, 15) is 40.6 Å². The molecule has 0 aromatic rings. The number of rotatable bonds is 3. The van der Waals surface area contributed by atoms with Crippen molar-refractivity contribution in [2.75, 3.05) is 0 Å². The minimum atomic E-state index is -5.60. The van der Waals surface area contributed by atoms with Gasteiger partial charge in [0.15, 0.2) is 14.8 Å². The van der Waals surface area contributed by atoms with Crippen molar-refractivity contribution in [1.82, 2.24) is 0 Å². The molecule has 15 heteroatoms. The maximum absolute atomic E-state index is 11.1. The van der Waals surface area contributed by atoms with E-state index in [4.69, 9.17) is 13.7 Å². The molecule has 1 rings (SSSR count). The number of hydrogen-bond donors (Lipinski definition) is 6. The molecule has 1 aliphatic carbocycles. The van der Waals surface area contributed by atoms with Gasteiger partial charge in [0.2, 0.25) is 0 Å². The number of aliphatic hydroxyl groups is 3. The van der Waals surface area contributed by atoms with Crippen molar-refractivity contribution >= 4 is 30.4 Å². The third-order valence-corrected chi connectivity index (χ3v) is 6.84. The van der Waals surface area contributed by atoms with Crippen LogP contribution in [0.2, 0.25) is 0 Å². The van der Waals surface area contributed by atoms with Crippen LogP contribution in [0, 0.1) is 0 Å². The van der Waals surface area contributed by atoms with E-state index in [-0.39, 0.29) is 0 Å². The van der Waals surface area contributed by atoms with Crippen molar-refractivity contribution in [2.24, 2.45) is 0 Å². The van der Waals surface area contributed by atoms with Gasteiger partial charge in [-0.15, -0.1) is 0 Å². The Hall–Kier alpha value is -0.390. The zero-order valence-corrected chi connectivity index (χ0v) is 12.4. The SMILES string of the molecule is O=S(=O)(O)C1(O)CC(O)(S(=O)(=O)O)CC(O)(S(=O)(=O)O)C1. The van der Waals surface area contributed by atoms with Crippen LogP contribution < -0.4 is 0 Å². The lowest BCUT2D eigenvalue weighted by molar-refractivity contribution is -0.0914. The first-order valence-corrected chi connectivity index (χ1v) is 9.27. The molecule has 0 spiro atoms. The van der Waals surface area contributed by atoms with Gasteiger partial charge in [-0.25, -0.2) is 0 Å².